The van der Waals surface area contributed by atoms with Crippen molar-refractivity contribution >= 4 is 26.9 Å². The van der Waals surface area contributed by atoms with Gasteiger partial charge in [-0.25, -0.2) is 13.1 Å². The summed E-state index contributed by atoms with van der Waals surface area (Å²) in [6, 6.07) is 19.5. The van der Waals surface area contributed by atoms with Gasteiger partial charge in [-0.2, -0.15) is 0 Å². The van der Waals surface area contributed by atoms with Crippen LogP contribution in [0.5, 0.6) is 0 Å². The molecule has 4 rings (SSSR count). The van der Waals surface area contributed by atoms with Crippen LogP contribution in [0, 0.1) is 20.8 Å². The molecule has 0 saturated carbocycles. The quantitative estimate of drug-likeness (QED) is 0.497. The highest BCUT2D eigenvalue weighted by Gasteiger charge is 2.25. The van der Waals surface area contributed by atoms with Crippen molar-refractivity contribution in [2.45, 2.75) is 25.7 Å². The lowest BCUT2D eigenvalue weighted by Gasteiger charge is -2.12. The second-order valence-electron chi connectivity index (χ2n) is 7.35. The number of hydrogen-bond acceptors (Lipinski definition) is 4. The van der Waals surface area contributed by atoms with Crippen LogP contribution in [-0.4, -0.2) is 14.3 Å². The lowest BCUT2D eigenvalue weighted by Crippen LogP contribution is -2.30. The van der Waals surface area contributed by atoms with E-state index in [-0.39, 0.29) is 10.7 Å². The fourth-order valence-electron chi connectivity index (χ4n) is 3.63. The maximum atomic E-state index is 13.1. The molecule has 5 nitrogen and oxygen atoms in total. The Kier molecular flexibility index (Phi) is 4.95. The number of furan rings is 1. The number of sulfonamides is 1. The average molecular weight is 420 g/mol. The summed E-state index contributed by atoms with van der Waals surface area (Å²) in [5.74, 6) is -0.849. The van der Waals surface area contributed by atoms with Crippen molar-refractivity contribution in [2.75, 3.05) is 0 Å². The van der Waals surface area contributed by atoms with Gasteiger partial charge in [0.1, 0.15) is 5.58 Å². The molecule has 0 bridgehead atoms. The van der Waals surface area contributed by atoms with Crippen LogP contribution < -0.4 is 4.72 Å². The van der Waals surface area contributed by atoms with Crippen molar-refractivity contribution in [1.82, 2.24) is 4.72 Å². The molecule has 0 saturated heterocycles. The zero-order chi connectivity index (χ0) is 21.5. The molecule has 0 aliphatic rings. The molecule has 0 radical (unpaired) electrons. The van der Waals surface area contributed by atoms with Crippen molar-refractivity contribution in [3.8, 4) is 11.1 Å². The Balaban J connectivity index is 1.72. The molecule has 1 aromatic heterocycles. The highest BCUT2D eigenvalue weighted by molar-refractivity contribution is 7.90. The summed E-state index contributed by atoms with van der Waals surface area (Å²) >= 11 is 0. The standard InChI is InChI=1S/C24H21NO4S/c1-15-12-17(3)20-14-22(29-21(20)13-15)24(26)25-30(27,28)23-11-7-6-10-19(23)18-9-5-4-8-16(18)2/h4-14H,1-3H3,(H,25,26). The molecular formula is C24H21NO4S. The van der Waals surface area contributed by atoms with E-state index in [1.165, 1.54) is 6.07 Å². The van der Waals surface area contributed by atoms with E-state index >= 15 is 0 Å². The monoisotopic (exact) mass is 419 g/mol. The van der Waals surface area contributed by atoms with Crippen molar-refractivity contribution < 1.29 is 17.6 Å². The molecule has 6 heteroatoms. The number of amides is 1. The number of carbonyl (C=O) groups is 1. The Morgan fingerprint density at radius 3 is 2.23 bits per heavy atom. The van der Waals surface area contributed by atoms with Crippen molar-refractivity contribution in [1.29, 1.82) is 0 Å². The fraction of sp³-hybridized carbons (Fsp3) is 0.125. The summed E-state index contributed by atoms with van der Waals surface area (Å²) in [5.41, 5.74) is 4.78. The summed E-state index contributed by atoms with van der Waals surface area (Å²) in [6.07, 6.45) is 0. The van der Waals surface area contributed by atoms with Gasteiger partial charge in [0.15, 0.2) is 5.76 Å². The SMILES string of the molecule is Cc1cc(C)c2cc(C(=O)NS(=O)(=O)c3ccccc3-c3ccccc3C)oc2c1. The number of hydrogen-bond donors (Lipinski definition) is 1. The number of carbonyl (C=O) groups excluding carboxylic acids is 1. The van der Waals surface area contributed by atoms with Crippen molar-refractivity contribution in [2.24, 2.45) is 0 Å². The lowest BCUT2D eigenvalue weighted by molar-refractivity contribution is 0.0956. The van der Waals surface area contributed by atoms with Gasteiger partial charge in [0.05, 0.1) is 4.90 Å². The Labute approximate surface area is 175 Å². The van der Waals surface area contributed by atoms with Gasteiger partial charge in [0.25, 0.3) is 10.0 Å². The van der Waals surface area contributed by atoms with Crippen LogP contribution in [-0.2, 0) is 10.0 Å². The zero-order valence-corrected chi connectivity index (χ0v) is 17.7. The van der Waals surface area contributed by atoms with Gasteiger partial charge < -0.3 is 4.42 Å². The smallest absolute Gasteiger partial charge is 0.300 e. The highest BCUT2D eigenvalue weighted by atomic mass is 32.2. The van der Waals surface area contributed by atoms with Crippen LogP contribution in [0.15, 0.2) is 76.0 Å². The van der Waals surface area contributed by atoms with Gasteiger partial charge in [0.2, 0.25) is 0 Å². The molecule has 0 unspecified atom stereocenters. The first-order chi connectivity index (χ1) is 14.3. The number of aryl methyl sites for hydroxylation is 3. The minimum absolute atomic E-state index is 0.0378. The van der Waals surface area contributed by atoms with E-state index in [4.69, 9.17) is 4.42 Å². The highest BCUT2D eigenvalue weighted by Crippen LogP contribution is 2.30. The minimum atomic E-state index is -4.12. The van der Waals surface area contributed by atoms with Gasteiger partial charge in [-0.3, -0.25) is 4.79 Å². The predicted octanol–water partition coefficient (Wildman–Crippen LogP) is 5.14. The van der Waals surface area contributed by atoms with E-state index < -0.39 is 15.9 Å². The first-order valence-corrected chi connectivity index (χ1v) is 11.0. The fourth-order valence-corrected chi connectivity index (χ4v) is 4.81. The normalized spacial score (nSPS) is 11.6. The summed E-state index contributed by atoms with van der Waals surface area (Å²) in [5, 5.41) is 0.781. The van der Waals surface area contributed by atoms with E-state index in [1.807, 2.05) is 57.2 Å². The third-order valence-electron chi connectivity index (χ3n) is 5.05. The van der Waals surface area contributed by atoms with E-state index in [1.54, 1.807) is 24.3 Å². The van der Waals surface area contributed by atoms with Crippen LogP contribution in [0.3, 0.4) is 0 Å². The van der Waals surface area contributed by atoms with Gasteiger partial charge in [-0.05, 0) is 61.2 Å². The second-order valence-corrected chi connectivity index (χ2v) is 9.00. The topological polar surface area (TPSA) is 76.4 Å². The van der Waals surface area contributed by atoms with Gasteiger partial charge in [-0.1, -0.05) is 48.5 Å². The molecule has 1 heterocycles. The zero-order valence-electron chi connectivity index (χ0n) is 16.9. The van der Waals surface area contributed by atoms with E-state index in [9.17, 15) is 13.2 Å². The lowest BCUT2D eigenvalue weighted by atomic mass is 10.0. The second kappa shape index (κ2) is 7.46. The minimum Gasteiger partial charge on any atom is -0.451 e. The molecule has 0 atom stereocenters. The van der Waals surface area contributed by atoms with Crippen LogP contribution in [0.1, 0.15) is 27.2 Å². The molecule has 0 spiro atoms. The average Bonchev–Trinajstić information content (AvgIpc) is 3.13. The summed E-state index contributed by atoms with van der Waals surface area (Å²) in [6.45, 7) is 5.76. The first kappa shape index (κ1) is 19.9. The Morgan fingerprint density at radius 2 is 1.50 bits per heavy atom. The summed E-state index contributed by atoms with van der Waals surface area (Å²) in [4.78, 5) is 12.8. The van der Waals surface area contributed by atoms with Crippen molar-refractivity contribution in [3.05, 3.63) is 89.2 Å². The Morgan fingerprint density at radius 1 is 0.833 bits per heavy atom. The first-order valence-electron chi connectivity index (χ1n) is 9.49. The van der Waals surface area contributed by atoms with Gasteiger partial charge >= 0.3 is 5.91 Å². The molecule has 1 amide bonds. The van der Waals surface area contributed by atoms with Crippen molar-refractivity contribution in [3.63, 3.8) is 0 Å². The third kappa shape index (κ3) is 3.62. The van der Waals surface area contributed by atoms with Gasteiger partial charge in [-0.15, -0.1) is 0 Å². The number of nitrogens with one attached hydrogen (secondary N) is 1. The molecule has 0 aliphatic heterocycles. The van der Waals surface area contributed by atoms with Crippen LogP contribution >= 0.6 is 0 Å². The third-order valence-corrected chi connectivity index (χ3v) is 6.44. The number of benzene rings is 3. The molecule has 30 heavy (non-hydrogen) atoms. The summed E-state index contributed by atoms with van der Waals surface area (Å²) in [7, 11) is -4.12. The Bertz CT molecular complexity index is 1380. The largest absolute Gasteiger partial charge is 0.451 e. The van der Waals surface area contributed by atoms with E-state index in [2.05, 4.69) is 4.72 Å². The van der Waals surface area contributed by atoms with Crippen LogP contribution in [0.4, 0.5) is 0 Å². The van der Waals surface area contributed by atoms with E-state index in [0.29, 0.717) is 11.1 Å². The Hall–Kier alpha value is -3.38. The number of fused-ring (bicyclic) bond motifs is 1. The maximum absolute atomic E-state index is 13.1. The molecule has 3 aromatic carbocycles. The molecular weight excluding hydrogens is 398 g/mol. The molecule has 1 N–H and O–H groups in total. The summed E-state index contributed by atoms with van der Waals surface area (Å²) < 4.78 is 34.0. The molecule has 152 valence electrons. The number of rotatable bonds is 4. The van der Waals surface area contributed by atoms with E-state index in [0.717, 1.165) is 27.6 Å². The molecule has 0 aliphatic carbocycles. The predicted molar refractivity (Wildman–Crippen MR) is 117 cm³/mol. The van der Waals surface area contributed by atoms with Crippen LogP contribution in [0.25, 0.3) is 22.1 Å². The van der Waals surface area contributed by atoms with Gasteiger partial charge in [0, 0.05) is 10.9 Å². The molecule has 0 fully saturated rings. The van der Waals surface area contributed by atoms with Crippen LogP contribution in [0.2, 0.25) is 0 Å². The maximum Gasteiger partial charge on any atom is 0.300 e. The molecule has 4 aromatic rings.